The first kappa shape index (κ1) is 37.7. The largest absolute Gasteiger partial charge is 0.381 e. The number of hydrogen-bond donors (Lipinski definition) is 3. The summed E-state index contributed by atoms with van der Waals surface area (Å²) in [6.45, 7) is 18.6. The van der Waals surface area contributed by atoms with Crippen LogP contribution in [0.1, 0.15) is 77.4 Å². The van der Waals surface area contributed by atoms with E-state index in [1.165, 1.54) is 17.6 Å². The number of fused-ring (bicyclic) bond motifs is 1. The van der Waals surface area contributed by atoms with Crippen molar-refractivity contribution in [3.63, 3.8) is 0 Å². The highest BCUT2D eigenvalue weighted by atomic mass is 32.2. The van der Waals surface area contributed by atoms with E-state index in [9.17, 15) is 4.79 Å². The minimum Gasteiger partial charge on any atom is -0.381 e. The Morgan fingerprint density at radius 3 is 2.33 bits per heavy atom. The third-order valence-electron chi connectivity index (χ3n) is 6.94. The molecule has 0 saturated heterocycles. The van der Waals surface area contributed by atoms with Gasteiger partial charge in [-0.2, -0.15) is 0 Å². The van der Waals surface area contributed by atoms with Gasteiger partial charge in [-0.3, -0.25) is 9.36 Å². The number of anilines is 2. The van der Waals surface area contributed by atoms with Gasteiger partial charge in [-0.15, -0.1) is 11.8 Å². The standard InChI is InChI=1S/C29H38N6OS.2C2H6.CH5N/c1-7-35(22-17-31-21(4)32-18-22)13-12-30-28-16-24-23(14-19(2)15-25(24)29(36)34(28)5)20(3)33-26-10-8-9-11-27(26)37-6;3*1-2/h9,11,14-18,20,30,33H,7-8,10,12-13H2,1-6H3;2*1-2H3;2H2,1H3/t20-;;;/m1.../s1. The van der Waals surface area contributed by atoms with Crippen LogP contribution in [0.4, 0.5) is 11.5 Å². The molecule has 0 saturated carbocycles. The molecular formula is C34H55N7OS. The molecule has 1 atom stereocenters. The molecule has 0 spiro atoms. The number of nitrogens with zero attached hydrogens (tertiary/aromatic N) is 4. The van der Waals surface area contributed by atoms with Crippen LogP contribution in [-0.4, -0.2) is 47.5 Å². The Morgan fingerprint density at radius 1 is 1.07 bits per heavy atom. The molecule has 4 N–H and O–H groups in total. The van der Waals surface area contributed by atoms with Crippen molar-refractivity contribution in [2.45, 2.75) is 74.3 Å². The van der Waals surface area contributed by atoms with Gasteiger partial charge in [0.2, 0.25) is 0 Å². The molecule has 43 heavy (non-hydrogen) atoms. The van der Waals surface area contributed by atoms with E-state index in [1.807, 2.05) is 60.1 Å². The van der Waals surface area contributed by atoms with Gasteiger partial charge in [-0.05, 0) is 82.5 Å². The van der Waals surface area contributed by atoms with Crippen molar-refractivity contribution in [2.75, 3.05) is 43.2 Å². The Hall–Kier alpha value is -3.30. The molecule has 0 radical (unpaired) electrons. The van der Waals surface area contributed by atoms with Crippen LogP contribution < -0.4 is 26.8 Å². The van der Waals surface area contributed by atoms with Gasteiger partial charge < -0.3 is 21.3 Å². The summed E-state index contributed by atoms with van der Waals surface area (Å²) in [7, 11) is 3.34. The molecule has 0 aliphatic heterocycles. The van der Waals surface area contributed by atoms with Crippen LogP contribution in [0.5, 0.6) is 0 Å². The summed E-state index contributed by atoms with van der Waals surface area (Å²) in [5, 5.41) is 9.01. The fraction of sp³-hybridized carbons (Fsp3) is 0.500. The smallest absolute Gasteiger partial charge is 0.259 e. The van der Waals surface area contributed by atoms with E-state index in [-0.39, 0.29) is 11.6 Å². The van der Waals surface area contributed by atoms with E-state index >= 15 is 0 Å². The summed E-state index contributed by atoms with van der Waals surface area (Å²) in [5.41, 5.74) is 9.03. The lowest BCUT2D eigenvalue weighted by Gasteiger charge is -2.25. The highest BCUT2D eigenvalue weighted by Gasteiger charge is 2.18. The van der Waals surface area contributed by atoms with E-state index < -0.39 is 0 Å². The zero-order valence-electron chi connectivity index (χ0n) is 28.3. The first-order valence-corrected chi connectivity index (χ1v) is 16.7. The minimum atomic E-state index is 0.0149. The highest BCUT2D eigenvalue weighted by Crippen LogP contribution is 2.30. The number of rotatable bonds is 10. The van der Waals surface area contributed by atoms with Gasteiger partial charge in [0.1, 0.15) is 11.6 Å². The fourth-order valence-electron chi connectivity index (χ4n) is 4.87. The second-order valence-corrected chi connectivity index (χ2v) is 10.4. The zero-order valence-corrected chi connectivity index (χ0v) is 29.2. The van der Waals surface area contributed by atoms with Gasteiger partial charge >= 0.3 is 0 Å². The normalized spacial score (nSPS) is 12.7. The van der Waals surface area contributed by atoms with Crippen LogP contribution in [0, 0.1) is 13.8 Å². The number of nitrogens with one attached hydrogen (secondary N) is 2. The molecule has 4 rings (SSSR count). The quantitative estimate of drug-likeness (QED) is 0.224. The maximum Gasteiger partial charge on any atom is 0.259 e. The molecule has 238 valence electrons. The first-order valence-electron chi connectivity index (χ1n) is 15.5. The maximum atomic E-state index is 13.4. The summed E-state index contributed by atoms with van der Waals surface area (Å²) in [6.07, 6.45) is 12.3. The molecule has 0 fully saturated rings. The Bertz CT molecular complexity index is 1380. The monoisotopic (exact) mass is 609 g/mol. The van der Waals surface area contributed by atoms with Crippen LogP contribution >= 0.6 is 11.8 Å². The molecular weight excluding hydrogens is 554 g/mol. The molecule has 1 aromatic carbocycles. The molecule has 3 aromatic rings. The minimum absolute atomic E-state index is 0.0149. The topological polar surface area (TPSA) is 101 Å². The lowest BCUT2D eigenvalue weighted by molar-refractivity contribution is 0.628. The number of nitrogens with two attached hydrogens (primary N) is 1. The third-order valence-corrected chi connectivity index (χ3v) is 7.76. The van der Waals surface area contributed by atoms with Crippen LogP contribution in [-0.2, 0) is 7.05 Å². The number of aryl methyl sites for hydroxylation is 2. The Balaban J connectivity index is 0.00000145. The maximum absolute atomic E-state index is 13.4. The summed E-state index contributed by atoms with van der Waals surface area (Å²) in [5.74, 6) is 1.58. The van der Waals surface area contributed by atoms with E-state index in [0.29, 0.717) is 6.54 Å². The number of pyridine rings is 1. The van der Waals surface area contributed by atoms with Gasteiger partial charge in [0.05, 0.1) is 18.1 Å². The van der Waals surface area contributed by atoms with Gasteiger partial charge in [0.15, 0.2) is 0 Å². The second kappa shape index (κ2) is 19.8. The molecule has 0 amide bonds. The van der Waals surface area contributed by atoms with Crippen LogP contribution in [0.15, 0.2) is 58.1 Å². The molecule has 2 aromatic heterocycles. The zero-order chi connectivity index (χ0) is 32.5. The lowest BCUT2D eigenvalue weighted by atomic mass is 9.97. The van der Waals surface area contributed by atoms with Crippen LogP contribution in [0.2, 0.25) is 0 Å². The number of hydrogen-bond acceptors (Lipinski definition) is 8. The summed E-state index contributed by atoms with van der Waals surface area (Å²) < 4.78 is 1.72. The van der Waals surface area contributed by atoms with Gasteiger partial charge in [0, 0.05) is 48.7 Å². The lowest BCUT2D eigenvalue weighted by Crippen LogP contribution is -2.30. The molecule has 1 aliphatic carbocycles. The third kappa shape index (κ3) is 10.1. The molecule has 9 heteroatoms. The second-order valence-electron chi connectivity index (χ2n) is 9.56. The molecule has 2 heterocycles. The Morgan fingerprint density at radius 2 is 1.72 bits per heavy atom. The number of aromatic nitrogens is 3. The van der Waals surface area contributed by atoms with E-state index in [1.54, 1.807) is 16.3 Å². The van der Waals surface area contributed by atoms with E-state index in [2.05, 4.69) is 82.5 Å². The predicted molar refractivity (Wildman–Crippen MR) is 190 cm³/mol. The number of likely N-dealkylation sites (N-methyl/N-ethyl adjacent to an activating group) is 1. The van der Waals surface area contributed by atoms with Crippen molar-refractivity contribution in [1.29, 1.82) is 0 Å². The SMILES string of the molecule is CC.CC.CCN(CCNc1cc2c([C@@H](C)NC3=C(SC)C=CCC3)cc(C)cc2c(=O)n1C)c1cnc(C)nc1.CN. The van der Waals surface area contributed by atoms with Gasteiger partial charge in [0.25, 0.3) is 5.56 Å². The van der Waals surface area contributed by atoms with Crippen molar-refractivity contribution in [3.8, 4) is 0 Å². The van der Waals surface area contributed by atoms with Gasteiger partial charge in [-0.1, -0.05) is 45.9 Å². The average molecular weight is 610 g/mol. The van der Waals surface area contributed by atoms with Crippen molar-refractivity contribution in [2.24, 2.45) is 12.8 Å². The average Bonchev–Trinajstić information content (AvgIpc) is 3.05. The summed E-state index contributed by atoms with van der Waals surface area (Å²) in [6, 6.07) is 6.41. The molecule has 0 unspecified atom stereocenters. The van der Waals surface area contributed by atoms with Crippen molar-refractivity contribution < 1.29 is 0 Å². The Labute approximate surface area is 264 Å². The molecule has 8 nitrogen and oxygen atoms in total. The number of thioether (sulfide) groups is 1. The summed E-state index contributed by atoms with van der Waals surface area (Å²) >= 11 is 1.77. The van der Waals surface area contributed by atoms with E-state index in [4.69, 9.17) is 0 Å². The van der Waals surface area contributed by atoms with Crippen molar-refractivity contribution in [3.05, 3.63) is 80.7 Å². The molecule has 0 bridgehead atoms. The van der Waals surface area contributed by atoms with Crippen molar-refractivity contribution in [1.82, 2.24) is 19.9 Å². The van der Waals surface area contributed by atoms with Crippen molar-refractivity contribution >= 4 is 34.0 Å². The highest BCUT2D eigenvalue weighted by molar-refractivity contribution is 8.02. The number of benzene rings is 1. The van der Waals surface area contributed by atoms with Crippen LogP contribution in [0.25, 0.3) is 10.8 Å². The summed E-state index contributed by atoms with van der Waals surface area (Å²) in [4.78, 5) is 25.6. The van der Waals surface area contributed by atoms with Gasteiger partial charge in [-0.25, -0.2) is 9.97 Å². The van der Waals surface area contributed by atoms with E-state index in [0.717, 1.165) is 65.2 Å². The fourth-order valence-corrected chi connectivity index (χ4v) is 5.51. The Kier molecular flexibility index (Phi) is 17.4. The van der Waals surface area contributed by atoms with Crippen LogP contribution in [0.3, 0.4) is 0 Å². The molecule has 1 aliphatic rings. The first-order chi connectivity index (χ1) is 20.8. The number of allylic oxidation sites excluding steroid dienone is 3. The predicted octanol–water partition coefficient (Wildman–Crippen LogP) is 7.09.